The third kappa shape index (κ3) is 1.68. The van der Waals surface area contributed by atoms with E-state index < -0.39 is 11.9 Å². The molecule has 0 unspecified atom stereocenters. The fourth-order valence-electron chi connectivity index (χ4n) is 1.48. The maximum Gasteiger partial charge on any atom is 0.312 e. The van der Waals surface area contributed by atoms with Crippen LogP contribution in [0.25, 0.3) is 0 Å². The van der Waals surface area contributed by atoms with Crippen LogP contribution in [0.5, 0.6) is 0 Å². The van der Waals surface area contributed by atoms with Gasteiger partial charge in [0.25, 0.3) is 0 Å². The molecule has 0 fully saturated rings. The monoisotopic (exact) mass is 206 g/mol. The van der Waals surface area contributed by atoms with Gasteiger partial charge in [0.2, 0.25) is 5.91 Å². The Labute approximate surface area is 86.1 Å². The van der Waals surface area contributed by atoms with Gasteiger partial charge in [-0.15, -0.1) is 0 Å². The topological polar surface area (TPSA) is 79.3 Å². The van der Waals surface area contributed by atoms with Crippen LogP contribution in [0.1, 0.15) is 24.2 Å². The lowest BCUT2D eigenvalue weighted by Gasteiger charge is -2.06. The molecule has 0 radical (unpaired) electrons. The van der Waals surface area contributed by atoms with Crippen LogP contribution >= 0.6 is 0 Å². The molecule has 0 aliphatic carbocycles. The number of carbonyl (C=O) groups is 2. The Morgan fingerprint density at radius 1 is 1.60 bits per heavy atom. The Morgan fingerprint density at radius 3 is 3.00 bits per heavy atom. The summed E-state index contributed by atoms with van der Waals surface area (Å²) in [5.74, 6) is -1.66. The number of hydrogen-bond donors (Lipinski definition) is 2. The van der Waals surface area contributed by atoms with Gasteiger partial charge in [-0.3, -0.25) is 14.6 Å². The summed E-state index contributed by atoms with van der Waals surface area (Å²) in [6.45, 7) is 1.57. The normalized spacial score (nSPS) is 15.7. The van der Waals surface area contributed by atoms with Crippen molar-refractivity contribution in [1.82, 2.24) is 4.98 Å². The Balaban J connectivity index is 2.35. The molecule has 1 aromatic heterocycles. The van der Waals surface area contributed by atoms with Gasteiger partial charge >= 0.3 is 5.97 Å². The summed E-state index contributed by atoms with van der Waals surface area (Å²) >= 11 is 0. The zero-order valence-corrected chi connectivity index (χ0v) is 8.15. The van der Waals surface area contributed by atoms with Crippen molar-refractivity contribution in [3.63, 3.8) is 0 Å². The Kier molecular flexibility index (Phi) is 2.15. The van der Waals surface area contributed by atoms with Crippen molar-refractivity contribution in [1.29, 1.82) is 0 Å². The van der Waals surface area contributed by atoms with Gasteiger partial charge < -0.3 is 10.4 Å². The van der Waals surface area contributed by atoms with Crippen LogP contribution < -0.4 is 5.32 Å². The molecule has 0 saturated heterocycles. The summed E-state index contributed by atoms with van der Waals surface area (Å²) in [5, 5.41) is 11.5. The van der Waals surface area contributed by atoms with E-state index in [4.69, 9.17) is 5.11 Å². The molecule has 1 aromatic rings. The molecule has 2 heterocycles. The van der Waals surface area contributed by atoms with E-state index >= 15 is 0 Å². The van der Waals surface area contributed by atoms with Crippen LogP contribution in [0.2, 0.25) is 0 Å². The average Bonchev–Trinajstić information content (AvgIpc) is 2.55. The molecule has 1 aliphatic heterocycles. The van der Waals surface area contributed by atoms with Gasteiger partial charge in [-0.25, -0.2) is 0 Å². The lowest BCUT2D eigenvalue weighted by Crippen LogP contribution is -2.09. The second-order valence-corrected chi connectivity index (χ2v) is 3.52. The van der Waals surface area contributed by atoms with Crippen LogP contribution in [-0.4, -0.2) is 22.0 Å². The van der Waals surface area contributed by atoms with Gasteiger partial charge in [-0.05, 0) is 19.1 Å². The first-order chi connectivity index (χ1) is 7.08. The Morgan fingerprint density at radius 2 is 2.33 bits per heavy atom. The van der Waals surface area contributed by atoms with Crippen molar-refractivity contribution in [2.45, 2.75) is 19.3 Å². The Hall–Kier alpha value is -1.91. The molecule has 2 rings (SSSR count). The zero-order valence-electron chi connectivity index (χ0n) is 8.15. The number of aliphatic carboxylic acids is 1. The highest BCUT2D eigenvalue weighted by Gasteiger charge is 2.22. The van der Waals surface area contributed by atoms with Crippen LogP contribution in [0.15, 0.2) is 12.1 Å². The second-order valence-electron chi connectivity index (χ2n) is 3.52. The number of nitrogens with zero attached hydrogens (tertiary/aromatic N) is 1. The van der Waals surface area contributed by atoms with E-state index in [1.54, 1.807) is 19.1 Å². The lowest BCUT2D eigenvalue weighted by molar-refractivity contribution is -0.138. The third-order valence-corrected chi connectivity index (χ3v) is 2.41. The summed E-state index contributed by atoms with van der Waals surface area (Å²) < 4.78 is 0. The quantitative estimate of drug-likeness (QED) is 0.748. The molecule has 2 N–H and O–H groups in total. The van der Waals surface area contributed by atoms with Crippen LogP contribution in [0.4, 0.5) is 5.69 Å². The van der Waals surface area contributed by atoms with Gasteiger partial charge in [-0.2, -0.15) is 0 Å². The van der Waals surface area contributed by atoms with E-state index in [1.807, 2.05) is 0 Å². The molecule has 5 nitrogen and oxygen atoms in total. The molecule has 1 amide bonds. The minimum atomic E-state index is -0.917. The second kappa shape index (κ2) is 3.34. The van der Waals surface area contributed by atoms with E-state index in [0.29, 0.717) is 17.1 Å². The van der Waals surface area contributed by atoms with E-state index in [9.17, 15) is 9.59 Å². The predicted octanol–water partition coefficient (Wildman–Crippen LogP) is 0.764. The molecule has 78 valence electrons. The number of anilines is 1. The van der Waals surface area contributed by atoms with Gasteiger partial charge in [0, 0.05) is 0 Å². The maximum absolute atomic E-state index is 11.0. The number of aromatic nitrogens is 1. The van der Waals surface area contributed by atoms with Crippen molar-refractivity contribution < 1.29 is 14.7 Å². The molecule has 0 saturated carbocycles. The van der Waals surface area contributed by atoms with Gasteiger partial charge in [0.1, 0.15) is 0 Å². The first-order valence-corrected chi connectivity index (χ1v) is 4.60. The van der Waals surface area contributed by atoms with E-state index in [0.717, 1.165) is 0 Å². The van der Waals surface area contributed by atoms with Crippen LogP contribution in [-0.2, 0) is 16.0 Å². The zero-order chi connectivity index (χ0) is 11.0. The van der Waals surface area contributed by atoms with Crippen LogP contribution in [0.3, 0.4) is 0 Å². The molecular weight excluding hydrogens is 196 g/mol. The number of nitrogens with one attached hydrogen (secondary N) is 1. The van der Waals surface area contributed by atoms with Gasteiger partial charge in [0.05, 0.1) is 29.4 Å². The lowest BCUT2D eigenvalue weighted by atomic mass is 10.1. The summed E-state index contributed by atoms with van der Waals surface area (Å²) in [5.41, 5.74) is 1.80. The largest absolute Gasteiger partial charge is 0.481 e. The highest BCUT2D eigenvalue weighted by molar-refractivity contribution is 5.98. The minimum Gasteiger partial charge on any atom is -0.481 e. The molecular formula is C10H10N2O3. The van der Waals surface area contributed by atoms with E-state index in [-0.39, 0.29) is 12.3 Å². The number of carboxylic acid groups (broad SMARTS) is 1. The SMILES string of the molecule is C[C@H](C(=O)O)c1ccc2c(n1)CC(=O)N2. The molecule has 1 aliphatic rings. The molecule has 0 spiro atoms. The van der Waals surface area contributed by atoms with Crippen LogP contribution in [0, 0.1) is 0 Å². The van der Waals surface area contributed by atoms with Crippen molar-refractivity contribution in [2.24, 2.45) is 0 Å². The highest BCUT2D eigenvalue weighted by atomic mass is 16.4. The summed E-state index contributed by atoms with van der Waals surface area (Å²) in [6, 6.07) is 3.32. The minimum absolute atomic E-state index is 0.0994. The number of carboxylic acids is 1. The number of amides is 1. The van der Waals surface area contributed by atoms with Crippen molar-refractivity contribution in [3.8, 4) is 0 Å². The smallest absolute Gasteiger partial charge is 0.312 e. The van der Waals surface area contributed by atoms with Crippen molar-refractivity contribution >= 4 is 17.6 Å². The predicted molar refractivity (Wildman–Crippen MR) is 52.6 cm³/mol. The highest BCUT2D eigenvalue weighted by Crippen LogP contribution is 2.23. The van der Waals surface area contributed by atoms with E-state index in [2.05, 4.69) is 10.3 Å². The first kappa shape index (κ1) is 9.64. The number of rotatable bonds is 2. The fourth-order valence-corrected chi connectivity index (χ4v) is 1.48. The Bertz CT molecular complexity index is 442. The maximum atomic E-state index is 11.0. The van der Waals surface area contributed by atoms with Crippen molar-refractivity contribution in [2.75, 3.05) is 5.32 Å². The summed E-state index contributed by atoms with van der Waals surface area (Å²) in [7, 11) is 0. The number of pyridine rings is 1. The first-order valence-electron chi connectivity index (χ1n) is 4.60. The number of fused-ring (bicyclic) bond motifs is 1. The molecule has 15 heavy (non-hydrogen) atoms. The molecule has 1 atom stereocenters. The molecule has 5 heteroatoms. The molecule has 0 bridgehead atoms. The van der Waals surface area contributed by atoms with E-state index in [1.165, 1.54) is 0 Å². The number of hydrogen-bond acceptors (Lipinski definition) is 3. The number of carbonyl (C=O) groups excluding carboxylic acids is 1. The van der Waals surface area contributed by atoms with Gasteiger partial charge in [-0.1, -0.05) is 0 Å². The molecule has 0 aromatic carbocycles. The average molecular weight is 206 g/mol. The standard InChI is InChI=1S/C10H10N2O3/c1-5(10(14)15)6-2-3-7-8(11-6)4-9(13)12-7/h2-3,5H,4H2,1H3,(H,12,13)(H,14,15)/t5-/m0/s1. The summed E-state index contributed by atoms with van der Waals surface area (Å²) in [4.78, 5) is 25.9. The van der Waals surface area contributed by atoms with Gasteiger partial charge in [0.15, 0.2) is 0 Å². The summed E-state index contributed by atoms with van der Waals surface area (Å²) in [6.07, 6.45) is 0.232. The fraction of sp³-hybridized carbons (Fsp3) is 0.300. The van der Waals surface area contributed by atoms with Crippen molar-refractivity contribution in [3.05, 3.63) is 23.5 Å². The third-order valence-electron chi connectivity index (χ3n) is 2.41.